The molecule has 3 heteroatoms. The molecule has 0 aliphatic carbocycles. The Morgan fingerprint density at radius 2 is 1.87 bits per heavy atom. The summed E-state index contributed by atoms with van der Waals surface area (Å²) in [5, 5.41) is 9.21. The van der Waals surface area contributed by atoms with Crippen LogP contribution in [0, 0.1) is 0 Å². The lowest BCUT2D eigenvalue weighted by Crippen LogP contribution is -2.18. The van der Waals surface area contributed by atoms with Crippen molar-refractivity contribution >= 4 is 11.6 Å². The number of benzene rings is 1. The molecule has 2 nitrogen and oxygen atoms in total. The highest BCUT2D eigenvalue weighted by Crippen LogP contribution is 2.18. The minimum absolute atomic E-state index is 0.198. The molecule has 0 saturated carbocycles. The van der Waals surface area contributed by atoms with Gasteiger partial charge in [0, 0.05) is 0 Å². The van der Waals surface area contributed by atoms with E-state index in [0.29, 0.717) is 5.92 Å². The van der Waals surface area contributed by atoms with Crippen molar-refractivity contribution < 1.29 is 9.84 Å². The van der Waals surface area contributed by atoms with Gasteiger partial charge in [0.1, 0.15) is 18.5 Å². The van der Waals surface area contributed by atoms with Gasteiger partial charge in [0.25, 0.3) is 0 Å². The lowest BCUT2D eigenvalue weighted by atomic mass is 10.0. The first-order valence-corrected chi connectivity index (χ1v) is 5.63. The van der Waals surface area contributed by atoms with Gasteiger partial charge in [-0.2, -0.15) is 0 Å². The van der Waals surface area contributed by atoms with Gasteiger partial charge >= 0.3 is 0 Å². The van der Waals surface area contributed by atoms with E-state index in [1.807, 2.05) is 24.3 Å². The summed E-state index contributed by atoms with van der Waals surface area (Å²) in [5.74, 6) is 1.49. The van der Waals surface area contributed by atoms with Gasteiger partial charge < -0.3 is 9.84 Å². The maximum absolute atomic E-state index is 9.21. The third-order valence-corrected chi connectivity index (χ3v) is 2.52. The molecule has 84 valence electrons. The average Bonchev–Trinajstić information content (AvgIpc) is 2.26. The molecule has 0 saturated heterocycles. The number of rotatable bonds is 5. The zero-order chi connectivity index (χ0) is 11.3. The fourth-order valence-electron chi connectivity index (χ4n) is 1.19. The molecular weight excluding hydrogens is 212 g/mol. The highest BCUT2D eigenvalue weighted by molar-refractivity contribution is 6.18. The first-order chi connectivity index (χ1) is 7.13. The lowest BCUT2D eigenvalue weighted by Gasteiger charge is -2.11. The summed E-state index contributed by atoms with van der Waals surface area (Å²) in [6.45, 7) is 4.53. The number of alkyl halides is 1. The molecule has 0 aliphatic heterocycles. The summed E-state index contributed by atoms with van der Waals surface area (Å²) < 4.78 is 5.36. The van der Waals surface area contributed by atoms with Crippen molar-refractivity contribution in [3.05, 3.63) is 29.8 Å². The molecule has 1 aromatic rings. The van der Waals surface area contributed by atoms with Crippen LogP contribution in [0.25, 0.3) is 0 Å². The van der Waals surface area contributed by atoms with E-state index in [4.69, 9.17) is 16.3 Å². The van der Waals surface area contributed by atoms with Crippen LogP contribution in [0.15, 0.2) is 24.3 Å². The largest absolute Gasteiger partial charge is 0.491 e. The number of aliphatic hydroxyl groups is 1. The molecular formula is C12H17ClO2. The Labute approximate surface area is 95.8 Å². The van der Waals surface area contributed by atoms with Crippen LogP contribution in [0.5, 0.6) is 5.75 Å². The molecule has 0 bridgehead atoms. The van der Waals surface area contributed by atoms with Crippen LogP contribution in [0.1, 0.15) is 25.3 Å². The van der Waals surface area contributed by atoms with Gasteiger partial charge in [-0.15, -0.1) is 11.6 Å². The highest BCUT2D eigenvalue weighted by atomic mass is 35.5. The minimum Gasteiger partial charge on any atom is -0.491 e. The fraction of sp³-hybridized carbons (Fsp3) is 0.500. The maximum Gasteiger partial charge on any atom is 0.119 e. The average molecular weight is 229 g/mol. The number of halogens is 1. The van der Waals surface area contributed by atoms with Gasteiger partial charge in [0.05, 0.1) is 5.88 Å². The standard InChI is InChI=1S/C12H17ClO2/c1-9(2)10-3-5-12(6-4-10)15-8-11(14)7-13/h3-6,9,11,14H,7-8H2,1-2H3/t11-/m1/s1. The third-order valence-electron chi connectivity index (χ3n) is 2.17. The van der Waals surface area contributed by atoms with Crippen molar-refractivity contribution in [2.24, 2.45) is 0 Å². The zero-order valence-corrected chi connectivity index (χ0v) is 9.87. The van der Waals surface area contributed by atoms with Gasteiger partial charge in [0.2, 0.25) is 0 Å². The van der Waals surface area contributed by atoms with Crippen molar-refractivity contribution in [3.63, 3.8) is 0 Å². The van der Waals surface area contributed by atoms with Crippen LogP contribution in [-0.4, -0.2) is 23.7 Å². The van der Waals surface area contributed by atoms with E-state index in [1.165, 1.54) is 5.56 Å². The summed E-state index contributed by atoms with van der Waals surface area (Å²) in [7, 11) is 0. The minimum atomic E-state index is -0.601. The molecule has 0 fully saturated rings. The van der Waals surface area contributed by atoms with E-state index >= 15 is 0 Å². The quantitative estimate of drug-likeness (QED) is 0.786. The van der Waals surface area contributed by atoms with Crippen LogP contribution in [0.3, 0.4) is 0 Å². The van der Waals surface area contributed by atoms with E-state index in [1.54, 1.807) is 0 Å². The first-order valence-electron chi connectivity index (χ1n) is 5.10. The second kappa shape index (κ2) is 5.99. The summed E-state index contributed by atoms with van der Waals surface area (Å²) in [6, 6.07) is 7.90. The van der Waals surface area contributed by atoms with Crippen molar-refractivity contribution in [1.82, 2.24) is 0 Å². The predicted octanol–water partition coefficient (Wildman–Crippen LogP) is 2.79. The lowest BCUT2D eigenvalue weighted by molar-refractivity contribution is 0.125. The number of hydrogen-bond donors (Lipinski definition) is 1. The van der Waals surface area contributed by atoms with Crippen molar-refractivity contribution in [2.75, 3.05) is 12.5 Å². The van der Waals surface area contributed by atoms with Crippen molar-refractivity contribution in [1.29, 1.82) is 0 Å². The molecule has 0 amide bonds. The van der Waals surface area contributed by atoms with Crippen LogP contribution >= 0.6 is 11.6 Å². The molecule has 1 N–H and O–H groups in total. The van der Waals surface area contributed by atoms with Gasteiger partial charge in [0.15, 0.2) is 0 Å². The maximum atomic E-state index is 9.21. The van der Waals surface area contributed by atoms with Crippen LogP contribution in [-0.2, 0) is 0 Å². The monoisotopic (exact) mass is 228 g/mol. The molecule has 0 heterocycles. The second-order valence-corrected chi connectivity index (χ2v) is 4.15. The van der Waals surface area contributed by atoms with Crippen molar-refractivity contribution in [2.45, 2.75) is 25.9 Å². The number of aliphatic hydroxyl groups excluding tert-OH is 1. The molecule has 0 aliphatic rings. The van der Waals surface area contributed by atoms with Gasteiger partial charge in [-0.3, -0.25) is 0 Å². The Morgan fingerprint density at radius 1 is 1.27 bits per heavy atom. The fourth-order valence-corrected chi connectivity index (χ4v) is 1.28. The van der Waals surface area contributed by atoms with Crippen molar-refractivity contribution in [3.8, 4) is 5.75 Å². The molecule has 0 radical (unpaired) electrons. The van der Waals surface area contributed by atoms with E-state index in [0.717, 1.165) is 5.75 Å². The number of ether oxygens (including phenoxy) is 1. The van der Waals surface area contributed by atoms with E-state index in [2.05, 4.69) is 13.8 Å². The summed E-state index contributed by atoms with van der Waals surface area (Å²) in [5.41, 5.74) is 1.28. The molecule has 15 heavy (non-hydrogen) atoms. The first kappa shape index (κ1) is 12.3. The predicted molar refractivity (Wildman–Crippen MR) is 62.8 cm³/mol. The van der Waals surface area contributed by atoms with Crippen LogP contribution in [0.4, 0.5) is 0 Å². The van der Waals surface area contributed by atoms with Crippen LogP contribution in [0.2, 0.25) is 0 Å². The summed E-state index contributed by atoms with van der Waals surface area (Å²) >= 11 is 5.46. The van der Waals surface area contributed by atoms with Gasteiger partial charge in [-0.1, -0.05) is 26.0 Å². The Morgan fingerprint density at radius 3 is 2.33 bits per heavy atom. The van der Waals surface area contributed by atoms with E-state index in [-0.39, 0.29) is 12.5 Å². The van der Waals surface area contributed by atoms with Crippen LogP contribution < -0.4 is 4.74 Å². The number of hydrogen-bond acceptors (Lipinski definition) is 2. The molecule has 1 aromatic carbocycles. The van der Waals surface area contributed by atoms with Gasteiger partial charge in [-0.05, 0) is 23.6 Å². The Kier molecular flexibility index (Phi) is 4.92. The molecule has 1 rings (SSSR count). The summed E-state index contributed by atoms with van der Waals surface area (Å²) in [6.07, 6.45) is -0.601. The Bertz CT molecular complexity index is 282. The smallest absolute Gasteiger partial charge is 0.119 e. The molecule has 0 aromatic heterocycles. The Hall–Kier alpha value is -0.730. The second-order valence-electron chi connectivity index (χ2n) is 3.84. The topological polar surface area (TPSA) is 29.5 Å². The van der Waals surface area contributed by atoms with Gasteiger partial charge in [-0.25, -0.2) is 0 Å². The summed E-state index contributed by atoms with van der Waals surface area (Å²) in [4.78, 5) is 0. The molecule has 1 atom stereocenters. The van der Waals surface area contributed by atoms with E-state index < -0.39 is 6.10 Å². The van der Waals surface area contributed by atoms with E-state index in [9.17, 15) is 5.11 Å². The zero-order valence-electron chi connectivity index (χ0n) is 9.11. The highest BCUT2D eigenvalue weighted by Gasteiger charge is 2.03. The third kappa shape index (κ3) is 4.10. The molecule has 0 spiro atoms. The molecule has 0 unspecified atom stereocenters. The Balaban J connectivity index is 2.50. The SMILES string of the molecule is CC(C)c1ccc(OC[C@H](O)CCl)cc1. The normalized spacial score (nSPS) is 12.9.